The highest BCUT2D eigenvalue weighted by molar-refractivity contribution is 7.71. The van der Waals surface area contributed by atoms with Crippen LogP contribution in [0.5, 0.6) is 0 Å². The number of amides is 2. The molecule has 100 valence electrons. The van der Waals surface area contributed by atoms with E-state index < -0.39 is 0 Å². The molecule has 0 aliphatic heterocycles. The molecule has 7 nitrogen and oxygen atoms in total. The normalized spacial score (nSPS) is 10.2. The maximum Gasteiger partial charge on any atom is 0.319 e. The molecule has 2 amide bonds. The number of aromatic nitrogens is 4. The lowest BCUT2D eigenvalue weighted by Crippen LogP contribution is -2.29. The average Bonchev–Trinajstić information content (AvgIpc) is 2.83. The van der Waals surface area contributed by atoms with Crippen molar-refractivity contribution in [3.63, 3.8) is 0 Å². The predicted octanol–water partition coefficient (Wildman–Crippen LogP) is 1.86. The van der Waals surface area contributed by atoms with Gasteiger partial charge in [0.15, 0.2) is 0 Å². The van der Waals surface area contributed by atoms with Crippen LogP contribution >= 0.6 is 12.2 Å². The summed E-state index contributed by atoms with van der Waals surface area (Å²) in [4.78, 5) is 11.5. The molecule has 0 unspecified atom stereocenters. The molecule has 0 aliphatic carbocycles. The molecule has 0 saturated heterocycles. The number of tetrazole rings is 1. The van der Waals surface area contributed by atoms with Crippen LogP contribution in [0.15, 0.2) is 24.3 Å². The van der Waals surface area contributed by atoms with Gasteiger partial charge < -0.3 is 10.6 Å². The minimum Gasteiger partial charge on any atom is -0.338 e. The van der Waals surface area contributed by atoms with E-state index in [1.54, 1.807) is 16.8 Å². The highest BCUT2D eigenvalue weighted by Crippen LogP contribution is 2.12. The Bertz CT molecular complexity index is 602. The summed E-state index contributed by atoms with van der Waals surface area (Å²) < 4.78 is 1.91. The molecule has 0 fully saturated rings. The van der Waals surface area contributed by atoms with Crippen LogP contribution in [0.1, 0.15) is 13.3 Å². The lowest BCUT2D eigenvalue weighted by atomic mass is 10.3. The molecule has 0 spiro atoms. The van der Waals surface area contributed by atoms with Gasteiger partial charge in [0.25, 0.3) is 0 Å². The third kappa shape index (κ3) is 3.38. The Hall–Kier alpha value is -2.22. The first-order chi connectivity index (χ1) is 9.20. The second kappa shape index (κ2) is 6.10. The van der Waals surface area contributed by atoms with Gasteiger partial charge >= 0.3 is 6.03 Å². The van der Waals surface area contributed by atoms with Crippen LogP contribution in [-0.2, 0) is 0 Å². The summed E-state index contributed by atoms with van der Waals surface area (Å²) in [5, 5.41) is 15.4. The van der Waals surface area contributed by atoms with Gasteiger partial charge in [0.1, 0.15) is 0 Å². The Morgan fingerprint density at radius 3 is 2.74 bits per heavy atom. The van der Waals surface area contributed by atoms with Gasteiger partial charge in [-0.2, -0.15) is 5.21 Å². The first-order valence-electron chi connectivity index (χ1n) is 5.86. The van der Waals surface area contributed by atoms with E-state index in [1.807, 2.05) is 19.1 Å². The Labute approximate surface area is 115 Å². The number of rotatable bonds is 4. The third-order valence-electron chi connectivity index (χ3n) is 2.39. The van der Waals surface area contributed by atoms with Crippen molar-refractivity contribution in [1.82, 2.24) is 25.5 Å². The van der Waals surface area contributed by atoms with Crippen LogP contribution in [0.2, 0.25) is 0 Å². The van der Waals surface area contributed by atoms with Gasteiger partial charge in [-0.3, -0.25) is 0 Å². The SMILES string of the molecule is CCCNC(=O)Nc1ccc(-n2[nH]nnc2=S)cc1. The fourth-order valence-corrected chi connectivity index (χ4v) is 1.66. The second-order valence-corrected chi connectivity index (χ2v) is 4.21. The van der Waals surface area contributed by atoms with Gasteiger partial charge in [-0.25, -0.2) is 9.48 Å². The number of nitrogens with zero attached hydrogens (tertiary/aromatic N) is 3. The number of nitrogens with one attached hydrogen (secondary N) is 3. The Morgan fingerprint density at radius 2 is 2.16 bits per heavy atom. The molecule has 8 heteroatoms. The molecule has 0 atom stereocenters. The van der Waals surface area contributed by atoms with E-state index in [-0.39, 0.29) is 6.03 Å². The number of carbonyl (C=O) groups excluding carboxylic acids is 1. The number of anilines is 1. The molecular weight excluding hydrogens is 264 g/mol. The van der Waals surface area contributed by atoms with Crippen molar-refractivity contribution >= 4 is 23.9 Å². The fraction of sp³-hybridized carbons (Fsp3) is 0.273. The average molecular weight is 278 g/mol. The van der Waals surface area contributed by atoms with Crippen molar-refractivity contribution in [3.8, 4) is 5.69 Å². The van der Waals surface area contributed by atoms with E-state index in [1.165, 1.54) is 0 Å². The number of carbonyl (C=O) groups is 1. The molecule has 0 bridgehead atoms. The maximum atomic E-state index is 11.5. The quantitative estimate of drug-likeness (QED) is 0.745. The molecular formula is C11H14N6OS. The standard InChI is InChI=1S/C11H14N6OS/c1-2-7-12-10(18)13-8-3-5-9(6-4-8)17-11(19)14-15-16-17/h3-6H,2,7H2,1H3,(H2,12,13,18)(H,14,16,19). The van der Waals surface area contributed by atoms with Crippen molar-refractivity contribution in [2.24, 2.45) is 0 Å². The van der Waals surface area contributed by atoms with Crippen molar-refractivity contribution in [1.29, 1.82) is 0 Å². The van der Waals surface area contributed by atoms with Gasteiger partial charge in [0.2, 0.25) is 4.77 Å². The highest BCUT2D eigenvalue weighted by atomic mass is 32.1. The minimum absolute atomic E-state index is 0.214. The zero-order valence-electron chi connectivity index (χ0n) is 10.4. The predicted molar refractivity (Wildman–Crippen MR) is 73.9 cm³/mol. The molecule has 1 heterocycles. The number of hydrogen-bond acceptors (Lipinski definition) is 4. The number of hydrogen-bond donors (Lipinski definition) is 3. The molecule has 3 N–H and O–H groups in total. The summed E-state index contributed by atoms with van der Waals surface area (Å²) in [6, 6.07) is 6.97. The number of H-pyrrole nitrogens is 1. The van der Waals surface area contributed by atoms with E-state index >= 15 is 0 Å². The first kappa shape index (κ1) is 13.2. The van der Waals surface area contributed by atoms with E-state index in [0.717, 1.165) is 12.1 Å². The van der Waals surface area contributed by atoms with Crippen molar-refractivity contribution < 1.29 is 4.79 Å². The molecule has 19 heavy (non-hydrogen) atoms. The van der Waals surface area contributed by atoms with Crippen LogP contribution in [0.25, 0.3) is 5.69 Å². The Kier molecular flexibility index (Phi) is 4.24. The lowest BCUT2D eigenvalue weighted by Gasteiger charge is -2.07. The number of aromatic amines is 1. The molecule has 1 aromatic carbocycles. The van der Waals surface area contributed by atoms with Crippen molar-refractivity contribution in [2.75, 3.05) is 11.9 Å². The molecule has 0 radical (unpaired) electrons. The summed E-state index contributed by atoms with van der Waals surface area (Å²) in [6.45, 7) is 2.65. The Balaban J connectivity index is 2.05. The van der Waals surface area contributed by atoms with E-state index in [4.69, 9.17) is 12.2 Å². The smallest absolute Gasteiger partial charge is 0.319 e. The summed E-state index contributed by atoms with van der Waals surface area (Å²) in [5.74, 6) is 0. The minimum atomic E-state index is -0.214. The van der Waals surface area contributed by atoms with Crippen LogP contribution in [-0.4, -0.2) is 32.8 Å². The van der Waals surface area contributed by atoms with E-state index in [9.17, 15) is 4.79 Å². The zero-order valence-corrected chi connectivity index (χ0v) is 11.2. The second-order valence-electron chi connectivity index (χ2n) is 3.85. The topological polar surface area (TPSA) is 87.6 Å². The molecule has 2 rings (SSSR count). The summed E-state index contributed by atoms with van der Waals surface area (Å²) in [5.41, 5.74) is 1.51. The third-order valence-corrected chi connectivity index (χ3v) is 2.65. The van der Waals surface area contributed by atoms with Gasteiger partial charge in [-0.05, 0) is 42.9 Å². The van der Waals surface area contributed by atoms with Crippen LogP contribution < -0.4 is 10.6 Å². The van der Waals surface area contributed by atoms with Crippen LogP contribution in [0.4, 0.5) is 10.5 Å². The zero-order chi connectivity index (χ0) is 13.7. The highest BCUT2D eigenvalue weighted by Gasteiger charge is 2.02. The van der Waals surface area contributed by atoms with Gasteiger partial charge in [-0.1, -0.05) is 17.2 Å². The summed E-state index contributed by atoms with van der Waals surface area (Å²) >= 11 is 5.00. The van der Waals surface area contributed by atoms with Crippen molar-refractivity contribution in [3.05, 3.63) is 29.0 Å². The van der Waals surface area contributed by atoms with Gasteiger partial charge in [0, 0.05) is 12.2 Å². The van der Waals surface area contributed by atoms with E-state index in [2.05, 4.69) is 26.2 Å². The monoisotopic (exact) mass is 278 g/mol. The van der Waals surface area contributed by atoms with E-state index in [0.29, 0.717) is 17.0 Å². The van der Waals surface area contributed by atoms with Crippen molar-refractivity contribution in [2.45, 2.75) is 13.3 Å². The molecule has 0 aliphatic rings. The maximum absolute atomic E-state index is 11.5. The largest absolute Gasteiger partial charge is 0.338 e. The Morgan fingerprint density at radius 1 is 1.42 bits per heavy atom. The molecule has 1 aromatic heterocycles. The lowest BCUT2D eigenvalue weighted by molar-refractivity contribution is 0.252. The van der Waals surface area contributed by atoms with Gasteiger partial charge in [-0.15, -0.1) is 0 Å². The molecule has 2 aromatic rings. The number of urea groups is 1. The summed E-state index contributed by atoms with van der Waals surface area (Å²) in [7, 11) is 0. The van der Waals surface area contributed by atoms with Crippen LogP contribution in [0.3, 0.4) is 0 Å². The van der Waals surface area contributed by atoms with Crippen LogP contribution in [0, 0.1) is 4.77 Å². The number of benzene rings is 1. The molecule has 0 saturated carbocycles. The summed E-state index contributed by atoms with van der Waals surface area (Å²) in [6.07, 6.45) is 0.900. The fourth-order valence-electron chi connectivity index (χ4n) is 1.47. The van der Waals surface area contributed by atoms with Gasteiger partial charge in [0.05, 0.1) is 5.69 Å². The first-order valence-corrected chi connectivity index (χ1v) is 6.27.